The maximum absolute atomic E-state index is 12.8. The SMILES string of the molecule is COCCNS(=O)(=O)c1ccc(C)c(C(=O)NC(C)c2cc3ccccc3o2)c1. The number of benzene rings is 2. The van der Waals surface area contributed by atoms with Crippen LogP contribution in [0.1, 0.15) is 34.6 Å². The molecule has 0 saturated heterocycles. The van der Waals surface area contributed by atoms with Crippen LogP contribution in [0, 0.1) is 6.92 Å². The molecule has 0 spiro atoms. The Kier molecular flexibility index (Phi) is 6.36. The van der Waals surface area contributed by atoms with E-state index in [4.69, 9.17) is 9.15 Å². The van der Waals surface area contributed by atoms with Crippen LogP contribution >= 0.6 is 0 Å². The molecule has 0 saturated carbocycles. The molecule has 0 aliphatic rings. The van der Waals surface area contributed by atoms with Crippen LogP contribution in [0.3, 0.4) is 0 Å². The van der Waals surface area contributed by atoms with Crippen LogP contribution < -0.4 is 10.0 Å². The molecule has 0 aliphatic carbocycles. The Labute approximate surface area is 170 Å². The molecule has 154 valence electrons. The van der Waals surface area contributed by atoms with E-state index in [0.29, 0.717) is 16.9 Å². The van der Waals surface area contributed by atoms with Crippen LogP contribution in [-0.2, 0) is 14.8 Å². The van der Waals surface area contributed by atoms with Crippen LogP contribution in [0.5, 0.6) is 0 Å². The lowest BCUT2D eigenvalue weighted by Crippen LogP contribution is -2.29. The van der Waals surface area contributed by atoms with Crippen LogP contribution in [0.15, 0.2) is 57.8 Å². The molecule has 3 rings (SSSR count). The predicted octanol–water partition coefficient (Wildman–Crippen LogP) is 3.16. The lowest BCUT2D eigenvalue weighted by atomic mass is 10.1. The molecule has 1 amide bonds. The maximum Gasteiger partial charge on any atom is 0.252 e. The van der Waals surface area contributed by atoms with Crippen LogP contribution in [0.4, 0.5) is 0 Å². The number of hydrogen-bond acceptors (Lipinski definition) is 5. The molecule has 7 nitrogen and oxygen atoms in total. The first-order chi connectivity index (χ1) is 13.8. The molecule has 0 aliphatic heterocycles. The van der Waals surface area contributed by atoms with Gasteiger partial charge in [-0.05, 0) is 43.7 Å². The molecule has 0 fully saturated rings. The summed E-state index contributed by atoms with van der Waals surface area (Å²) in [6.07, 6.45) is 0. The number of para-hydroxylation sites is 1. The zero-order chi connectivity index (χ0) is 21.0. The van der Waals surface area contributed by atoms with Crippen molar-refractivity contribution < 1.29 is 22.4 Å². The molecule has 1 aromatic heterocycles. The van der Waals surface area contributed by atoms with E-state index >= 15 is 0 Å². The molecule has 0 radical (unpaired) electrons. The highest BCUT2D eigenvalue weighted by molar-refractivity contribution is 7.89. The summed E-state index contributed by atoms with van der Waals surface area (Å²) in [6, 6.07) is 13.6. The van der Waals surface area contributed by atoms with Crippen molar-refractivity contribution >= 4 is 26.9 Å². The first-order valence-electron chi connectivity index (χ1n) is 9.20. The van der Waals surface area contributed by atoms with Crippen LogP contribution in [-0.4, -0.2) is 34.6 Å². The van der Waals surface area contributed by atoms with Crippen LogP contribution in [0.25, 0.3) is 11.0 Å². The van der Waals surface area contributed by atoms with Gasteiger partial charge in [-0.3, -0.25) is 4.79 Å². The molecule has 0 bridgehead atoms. The van der Waals surface area contributed by atoms with E-state index in [1.54, 1.807) is 13.0 Å². The molecular formula is C21H24N2O5S. The van der Waals surface area contributed by atoms with Gasteiger partial charge in [-0.1, -0.05) is 24.3 Å². The fraction of sp³-hybridized carbons (Fsp3) is 0.286. The normalized spacial score (nSPS) is 12.8. The largest absolute Gasteiger partial charge is 0.459 e. The maximum atomic E-state index is 12.8. The zero-order valence-corrected chi connectivity index (χ0v) is 17.4. The number of ether oxygens (including phenoxy) is 1. The van der Waals surface area contributed by atoms with E-state index in [0.717, 1.165) is 11.0 Å². The topological polar surface area (TPSA) is 97.6 Å². The van der Waals surface area contributed by atoms with E-state index in [1.165, 1.54) is 19.2 Å². The third kappa shape index (κ3) is 4.84. The number of furan rings is 1. The Bertz CT molecular complexity index is 1090. The van der Waals surface area contributed by atoms with Gasteiger partial charge in [0.05, 0.1) is 17.5 Å². The second-order valence-electron chi connectivity index (χ2n) is 6.75. The third-order valence-corrected chi connectivity index (χ3v) is 6.04. The van der Waals surface area contributed by atoms with Crippen molar-refractivity contribution in [3.05, 3.63) is 65.4 Å². The fourth-order valence-corrected chi connectivity index (χ4v) is 3.97. The van der Waals surface area contributed by atoms with Gasteiger partial charge < -0.3 is 14.5 Å². The molecule has 1 atom stereocenters. The standard InChI is InChI=1S/C21H24N2O5S/c1-14-8-9-17(29(25,26)22-10-11-27-3)13-18(14)21(24)23-15(2)20-12-16-6-4-5-7-19(16)28-20/h4-9,12-13,15,22H,10-11H2,1-3H3,(H,23,24). The predicted molar refractivity (Wildman–Crippen MR) is 110 cm³/mol. The molecule has 1 unspecified atom stereocenters. The summed E-state index contributed by atoms with van der Waals surface area (Å²) in [5, 5.41) is 3.83. The number of carbonyl (C=O) groups excluding carboxylic acids is 1. The summed E-state index contributed by atoms with van der Waals surface area (Å²) in [7, 11) is -2.24. The first kappa shape index (κ1) is 21.0. The van der Waals surface area contributed by atoms with Crippen molar-refractivity contribution in [3.63, 3.8) is 0 Å². The van der Waals surface area contributed by atoms with Crippen molar-refractivity contribution in [2.75, 3.05) is 20.3 Å². The van der Waals surface area contributed by atoms with Crippen molar-refractivity contribution in [1.82, 2.24) is 10.0 Å². The summed E-state index contributed by atoms with van der Waals surface area (Å²) in [4.78, 5) is 12.8. The Morgan fingerprint density at radius 1 is 1.17 bits per heavy atom. The number of hydrogen-bond donors (Lipinski definition) is 2. The smallest absolute Gasteiger partial charge is 0.252 e. The third-order valence-electron chi connectivity index (χ3n) is 4.58. The Morgan fingerprint density at radius 2 is 1.93 bits per heavy atom. The van der Waals surface area contributed by atoms with Gasteiger partial charge in [-0.25, -0.2) is 13.1 Å². The minimum atomic E-state index is -3.73. The van der Waals surface area contributed by atoms with Gasteiger partial charge in [0.15, 0.2) is 0 Å². The van der Waals surface area contributed by atoms with Crippen LogP contribution in [0.2, 0.25) is 0 Å². The quantitative estimate of drug-likeness (QED) is 0.550. The van der Waals surface area contributed by atoms with Gasteiger partial charge in [0.2, 0.25) is 10.0 Å². The van der Waals surface area contributed by atoms with Gasteiger partial charge in [0.1, 0.15) is 11.3 Å². The lowest BCUT2D eigenvalue weighted by molar-refractivity contribution is 0.0935. The lowest BCUT2D eigenvalue weighted by Gasteiger charge is -2.14. The molecular weight excluding hydrogens is 392 g/mol. The van der Waals surface area contributed by atoms with Gasteiger partial charge in [-0.15, -0.1) is 0 Å². The van der Waals surface area contributed by atoms with E-state index < -0.39 is 10.0 Å². The number of fused-ring (bicyclic) bond motifs is 1. The average molecular weight is 416 g/mol. The number of amides is 1. The number of carbonyl (C=O) groups is 1. The summed E-state index contributed by atoms with van der Waals surface area (Å²) in [5.74, 6) is 0.256. The summed E-state index contributed by atoms with van der Waals surface area (Å²) in [6.45, 7) is 3.98. The average Bonchev–Trinajstić information content (AvgIpc) is 3.12. The van der Waals surface area contributed by atoms with E-state index in [2.05, 4.69) is 10.0 Å². The highest BCUT2D eigenvalue weighted by Gasteiger charge is 2.20. The summed E-state index contributed by atoms with van der Waals surface area (Å²) >= 11 is 0. The molecule has 29 heavy (non-hydrogen) atoms. The Balaban J connectivity index is 1.79. The first-order valence-corrected chi connectivity index (χ1v) is 10.7. The second-order valence-corrected chi connectivity index (χ2v) is 8.52. The van der Waals surface area contributed by atoms with Gasteiger partial charge in [0.25, 0.3) is 5.91 Å². The highest BCUT2D eigenvalue weighted by atomic mass is 32.2. The number of rotatable bonds is 8. The minimum Gasteiger partial charge on any atom is -0.459 e. The van der Waals surface area contributed by atoms with Gasteiger partial charge in [-0.2, -0.15) is 0 Å². The molecule has 8 heteroatoms. The molecule has 2 aromatic carbocycles. The second kappa shape index (κ2) is 8.77. The van der Waals surface area contributed by atoms with Gasteiger partial charge >= 0.3 is 0 Å². The van der Waals surface area contributed by atoms with E-state index in [9.17, 15) is 13.2 Å². The number of aryl methyl sites for hydroxylation is 1. The minimum absolute atomic E-state index is 0.0285. The highest BCUT2D eigenvalue weighted by Crippen LogP contribution is 2.24. The van der Waals surface area contributed by atoms with Crippen molar-refractivity contribution in [3.8, 4) is 0 Å². The molecule has 3 aromatic rings. The number of nitrogens with one attached hydrogen (secondary N) is 2. The Hall–Kier alpha value is -2.68. The zero-order valence-electron chi connectivity index (χ0n) is 16.6. The molecule has 1 heterocycles. The van der Waals surface area contributed by atoms with E-state index in [1.807, 2.05) is 37.3 Å². The van der Waals surface area contributed by atoms with Gasteiger partial charge in [0, 0.05) is 24.6 Å². The summed E-state index contributed by atoms with van der Waals surface area (Å²) < 4.78 is 37.9. The number of sulfonamides is 1. The van der Waals surface area contributed by atoms with E-state index in [-0.39, 0.29) is 30.0 Å². The Morgan fingerprint density at radius 3 is 2.66 bits per heavy atom. The van der Waals surface area contributed by atoms with Crippen molar-refractivity contribution in [2.45, 2.75) is 24.8 Å². The molecule has 2 N–H and O–H groups in total. The fourth-order valence-electron chi connectivity index (χ4n) is 2.94. The van der Waals surface area contributed by atoms with Crippen molar-refractivity contribution in [2.24, 2.45) is 0 Å². The number of methoxy groups -OCH3 is 1. The monoisotopic (exact) mass is 416 g/mol. The summed E-state index contributed by atoms with van der Waals surface area (Å²) in [5.41, 5.74) is 1.72. The van der Waals surface area contributed by atoms with Crippen molar-refractivity contribution in [1.29, 1.82) is 0 Å².